The van der Waals surface area contributed by atoms with Crippen LogP contribution in [0.2, 0.25) is 0 Å². The number of aryl methyl sites for hydroxylation is 1. The fourth-order valence-corrected chi connectivity index (χ4v) is 2.16. The lowest BCUT2D eigenvalue weighted by atomic mass is 10.2. The van der Waals surface area contributed by atoms with E-state index in [4.69, 9.17) is 0 Å². The maximum Gasteiger partial charge on any atom is 0.0671 e. The average Bonchev–Trinajstić information content (AvgIpc) is 2.88. The fourth-order valence-electron chi connectivity index (χ4n) is 2.16. The van der Waals surface area contributed by atoms with Gasteiger partial charge in [-0.05, 0) is 36.8 Å². The van der Waals surface area contributed by atoms with E-state index in [9.17, 15) is 0 Å². The molecule has 0 radical (unpaired) electrons. The number of rotatable bonds is 3. The topological polar surface area (TPSA) is 17.8 Å². The summed E-state index contributed by atoms with van der Waals surface area (Å²) in [6.07, 6.45) is 4.21. The minimum atomic E-state index is 1.02. The summed E-state index contributed by atoms with van der Waals surface area (Å²) in [5.74, 6) is 0. The molecule has 3 rings (SSSR count). The summed E-state index contributed by atoms with van der Waals surface area (Å²) in [5, 5.41) is 4.56. The van der Waals surface area contributed by atoms with Crippen LogP contribution in [0.4, 0.5) is 0 Å². The molecular weight excluding hydrogens is 244 g/mol. The van der Waals surface area contributed by atoms with Crippen LogP contribution in [0.25, 0.3) is 17.8 Å². The highest BCUT2D eigenvalue weighted by atomic mass is 15.3. The van der Waals surface area contributed by atoms with E-state index in [0.29, 0.717) is 0 Å². The summed E-state index contributed by atoms with van der Waals surface area (Å²) in [4.78, 5) is 0. The number of para-hydroxylation sites is 1. The van der Waals surface area contributed by atoms with Gasteiger partial charge in [0.2, 0.25) is 0 Å². The van der Waals surface area contributed by atoms with E-state index in [-0.39, 0.29) is 0 Å². The molecule has 2 nitrogen and oxygen atoms in total. The summed E-state index contributed by atoms with van der Waals surface area (Å²) < 4.78 is 1.97. The van der Waals surface area contributed by atoms with Crippen molar-refractivity contribution in [2.24, 2.45) is 0 Å². The number of nitrogens with zero attached hydrogens (tertiary/aromatic N) is 2. The second-order valence-corrected chi connectivity index (χ2v) is 4.70. The van der Waals surface area contributed by atoms with Gasteiger partial charge in [0.05, 0.1) is 17.1 Å². The molecule has 0 fully saturated rings. The Labute approximate surface area is 119 Å². The molecule has 0 saturated heterocycles. The third-order valence-electron chi connectivity index (χ3n) is 3.11. The molecule has 0 spiro atoms. The lowest BCUT2D eigenvalue weighted by molar-refractivity contribution is 0.855. The Morgan fingerprint density at radius 1 is 0.850 bits per heavy atom. The largest absolute Gasteiger partial charge is 0.233 e. The molecule has 0 bridgehead atoms. The van der Waals surface area contributed by atoms with Crippen molar-refractivity contribution >= 4 is 12.2 Å². The van der Waals surface area contributed by atoms with Crippen molar-refractivity contribution in [1.29, 1.82) is 0 Å². The Bertz CT molecular complexity index is 710. The third kappa shape index (κ3) is 2.69. The van der Waals surface area contributed by atoms with Crippen LogP contribution in [0.1, 0.15) is 17.0 Å². The SMILES string of the molecule is Cc1cc(/C=C/c2ccccc2)n(-c2ccccc2)n1. The molecule has 20 heavy (non-hydrogen) atoms. The predicted octanol–water partition coefficient (Wildman–Crippen LogP) is 4.35. The summed E-state index contributed by atoms with van der Waals surface area (Å²) in [6, 6.07) is 22.6. The van der Waals surface area contributed by atoms with Gasteiger partial charge < -0.3 is 0 Å². The van der Waals surface area contributed by atoms with Gasteiger partial charge in [-0.15, -0.1) is 0 Å². The minimum Gasteiger partial charge on any atom is -0.233 e. The second-order valence-electron chi connectivity index (χ2n) is 4.70. The van der Waals surface area contributed by atoms with Crippen molar-refractivity contribution in [3.8, 4) is 5.69 Å². The molecular formula is C18H16N2. The van der Waals surface area contributed by atoms with Gasteiger partial charge in [-0.2, -0.15) is 5.10 Å². The van der Waals surface area contributed by atoms with E-state index in [0.717, 1.165) is 17.1 Å². The summed E-state index contributed by atoms with van der Waals surface area (Å²) >= 11 is 0. The molecule has 0 N–H and O–H groups in total. The number of benzene rings is 2. The molecule has 98 valence electrons. The van der Waals surface area contributed by atoms with Crippen LogP contribution >= 0.6 is 0 Å². The van der Waals surface area contributed by atoms with Crippen LogP contribution in [0.5, 0.6) is 0 Å². The van der Waals surface area contributed by atoms with Crippen LogP contribution in [0, 0.1) is 6.92 Å². The van der Waals surface area contributed by atoms with Crippen molar-refractivity contribution in [2.75, 3.05) is 0 Å². The molecule has 2 aromatic carbocycles. The van der Waals surface area contributed by atoms with Gasteiger partial charge in [-0.3, -0.25) is 0 Å². The Balaban J connectivity index is 1.97. The number of hydrogen-bond acceptors (Lipinski definition) is 1. The van der Waals surface area contributed by atoms with E-state index in [1.807, 2.05) is 48.0 Å². The number of hydrogen-bond donors (Lipinski definition) is 0. The zero-order valence-corrected chi connectivity index (χ0v) is 11.4. The van der Waals surface area contributed by atoms with E-state index >= 15 is 0 Å². The highest BCUT2D eigenvalue weighted by Crippen LogP contribution is 2.15. The molecule has 3 aromatic rings. The zero-order valence-electron chi connectivity index (χ0n) is 11.4. The number of aromatic nitrogens is 2. The quantitative estimate of drug-likeness (QED) is 0.684. The first-order valence-corrected chi connectivity index (χ1v) is 6.68. The molecule has 0 atom stereocenters. The summed E-state index contributed by atoms with van der Waals surface area (Å²) in [5.41, 5.74) is 4.36. The summed E-state index contributed by atoms with van der Waals surface area (Å²) in [7, 11) is 0. The Kier molecular flexibility index (Phi) is 3.46. The smallest absolute Gasteiger partial charge is 0.0671 e. The molecule has 1 heterocycles. The zero-order chi connectivity index (χ0) is 13.8. The fraction of sp³-hybridized carbons (Fsp3) is 0.0556. The molecule has 0 amide bonds. The molecule has 0 aliphatic rings. The van der Waals surface area contributed by atoms with Crippen LogP contribution in [0.3, 0.4) is 0 Å². The van der Waals surface area contributed by atoms with Gasteiger partial charge in [0.15, 0.2) is 0 Å². The monoisotopic (exact) mass is 260 g/mol. The van der Waals surface area contributed by atoms with E-state index in [2.05, 4.69) is 47.6 Å². The van der Waals surface area contributed by atoms with Crippen molar-refractivity contribution in [3.63, 3.8) is 0 Å². The normalized spacial score (nSPS) is 11.1. The van der Waals surface area contributed by atoms with Crippen molar-refractivity contribution in [2.45, 2.75) is 6.92 Å². The van der Waals surface area contributed by atoms with Crippen LogP contribution in [-0.4, -0.2) is 9.78 Å². The molecule has 0 saturated carbocycles. The predicted molar refractivity (Wildman–Crippen MR) is 83.7 cm³/mol. The summed E-state index contributed by atoms with van der Waals surface area (Å²) in [6.45, 7) is 2.01. The van der Waals surface area contributed by atoms with Crippen molar-refractivity contribution in [3.05, 3.63) is 83.7 Å². The van der Waals surface area contributed by atoms with Crippen LogP contribution in [0.15, 0.2) is 66.7 Å². The van der Waals surface area contributed by atoms with Gasteiger partial charge in [0.25, 0.3) is 0 Å². The lowest BCUT2D eigenvalue weighted by Gasteiger charge is -2.03. The Morgan fingerprint density at radius 3 is 2.20 bits per heavy atom. The van der Waals surface area contributed by atoms with Crippen molar-refractivity contribution < 1.29 is 0 Å². The molecule has 2 heteroatoms. The van der Waals surface area contributed by atoms with Gasteiger partial charge in [-0.25, -0.2) is 4.68 Å². The Morgan fingerprint density at radius 2 is 1.50 bits per heavy atom. The molecule has 0 unspecified atom stereocenters. The first-order valence-electron chi connectivity index (χ1n) is 6.68. The highest BCUT2D eigenvalue weighted by molar-refractivity contribution is 5.69. The van der Waals surface area contributed by atoms with Crippen molar-refractivity contribution in [1.82, 2.24) is 9.78 Å². The van der Waals surface area contributed by atoms with Gasteiger partial charge in [0, 0.05) is 0 Å². The second kappa shape index (κ2) is 5.57. The van der Waals surface area contributed by atoms with Gasteiger partial charge >= 0.3 is 0 Å². The highest BCUT2D eigenvalue weighted by Gasteiger charge is 2.04. The van der Waals surface area contributed by atoms with E-state index in [1.165, 1.54) is 5.56 Å². The first-order chi connectivity index (χ1) is 9.83. The van der Waals surface area contributed by atoms with E-state index < -0.39 is 0 Å². The maximum absolute atomic E-state index is 4.56. The van der Waals surface area contributed by atoms with Gasteiger partial charge in [0.1, 0.15) is 0 Å². The van der Waals surface area contributed by atoms with Crippen LogP contribution in [-0.2, 0) is 0 Å². The Hall–Kier alpha value is -2.61. The van der Waals surface area contributed by atoms with Gasteiger partial charge in [-0.1, -0.05) is 54.6 Å². The molecule has 0 aliphatic carbocycles. The standard InChI is InChI=1S/C18H16N2/c1-15-14-18(13-12-16-8-4-2-5-9-16)20(19-15)17-10-6-3-7-11-17/h2-14H,1H3/b13-12+. The maximum atomic E-state index is 4.56. The third-order valence-corrected chi connectivity index (χ3v) is 3.11. The van der Waals surface area contributed by atoms with E-state index in [1.54, 1.807) is 0 Å². The molecule has 0 aliphatic heterocycles. The molecule has 1 aromatic heterocycles. The average molecular weight is 260 g/mol. The van der Waals surface area contributed by atoms with Crippen LogP contribution < -0.4 is 0 Å². The first kappa shape index (κ1) is 12.4. The lowest BCUT2D eigenvalue weighted by Crippen LogP contribution is -1.98. The minimum absolute atomic E-state index is 1.02.